The van der Waals surface area contributed by atoms with Crippen molar-refractivity contribution in [2.75, 3.05) is 0 Å². The van der Waals surface area contributed by atoms with Gasteiger partial charge in [0.1, 0.15) is 0 Å². The number of rotatable bonds is 4. The molecular formula is C5H11NaO3S2. The summed E-state index contributed by atoms with van der Waals surface area (Å²) >= 11 is 4.03. The van der Waals surface area contributed by atoms with Gasteiger partial charge in [-0.05, 0) is 24.5 Å². The van der Waals surface area contributed by atoms with Crippen molar-refractivity contribution in [2.45, 2.75) is 32.8 Å². The summed E-state index contributed by atoms with van der Waals surface area (Å²) in [7, 11) is -3.66. The fourth-order valence-electron chi connectivity index (χ4n) is 0.656. The van der Waals surface area contributed by atoms with E-state index in [2.05, 4.69) is 15.4 Å². The van der Waals surface area contributed by atoms with Gasteiger partial charge in [0.15, 0.2) is 0 Å². The van der Waals surface area contributed by atoms with Crippen LogP contribution in [0.4, 0.5) is 0 Å². The van der Waals surface area contributed by atoms with Crippen LogP contribution < -0.4 is 29.6 Å². The van der Waals surface area contributed by atoms with Crippen LogP contribution >= 0.6 is 0 Å². The molecule has 0 rings (SSSR count). The summed E-state index contributed by atoms with van der Waals surface area (Å²) in [6, 6.07) is 0. The van der Waals surface area contributed by atoms with Gasteiger partial charge in [-0.15, -0.1) is 0 Å². The van der Waals surface area contributed by atoms with Crippen molar-refractivity contribution in [1.29, 1.82) is 0 Å². The Morgan fingerprint density at radius 1 is 1.73 bits per heavy atom. The van der Waals surface area contributed by atoms with E-state index in [0.717, 1.165) is 12.8 Å². The summed E-state index contributed by atoms with van der Waals surface area (Å²) in [5.74, 6) is 0. The molecule has 0 aliphatic rings. The molecule has 62 valence electrons. The van der Waals surface area contributed by atoms with Crippen molar-refractivity contribution in [3.05, 3.63) is 0 Å². The van der Waals surface area contributed by atoms with Crippen LogP contribution in [0.15, 0.2) is 0 Å². The van der Waals surface area contributed by atoms with Crippen LogP contribution in [-0.2, 0) is 24.4 Å². The summed E-state index contributed by atoms with van der Waals surface area (Å²) < 4.78 is 25.1. The quantitative estimate of drug-likeness (QED) is 0.499. The third-order valence-electron chi connectivity index (χ3n) is 0.977. The molecule has 0 radical (unpaired) electrons. The zero-order chi connectivity index (χ0) is 8.20. The van der Waals surface area contributed by atoms with Crippen molar-refractivity contribution in [1.82, 2.24) is 0 Å². The standard InChI is InChI=1S/C5H12O3S2.Na/c1-3-4-5(2)8-10(6,7)9;/h5H,3-4H2,1-2H3,(H,6,7,9);/q;+1/p-1. The van der Waals surface area contributed by atoms with Gasteiger partial charge in [0, 0.05) is 0 Å². The number of hydrogen-bond acceptors (Lipinski definition) is 4. The Labute approximate surface area is 94.9 Å². The molecule has 0 saturated heterocycles. The molecule has 0 N–H and O–H groups in total. The molecule has 0 aromatic heterocycles. The summed E-state index contributed by atoms with van der Waals surface area (Å²) in [5, 5.41) is 0. The van der Waals surface area contributed by atoms with Crippen LogP contribution in [0.5, 0.6) is 0 Å². The fraction of sp³-hybridized carbons (Fsp3) is 1.00. The Hall–Kier alpha value is 1.29. The molecular weight excluding hydrogens is 195 g/mol. The van der Waals surface area contributed by atoms with E-state index in [4.69, 9.17) is 0 Å². The molecule has 0 aromatic carbocycles. The summed E-state index contributed by atoms with van der Waals surface area (Å²) in [6.07, 6.45) is 1.33. The Morgan fingerprint density at radius 3 is 2.45 bits per heavy atom. The zero-order valence-electron chi connectivity index (χ0n) is 7.03. The third-order valence-corrected chi connectivity index (χ3v) is 1.78. The Balaban J connectivity index is 0. The first kappa shape index (κ1) is 14.8. The third kappa shape index (κ3) is 11.3. The molecule has 0 fully saturated rings. The van der Waals surface area contributed by atoms with Gasteiger partial charge in [-0.3, -0.25) is 4.18 Å². The van der Waals surface area contributed by atoms with Crippen LogP contribution in [0.1, 0.15) is 26.7 Å². The average Bonchev–Trinajstić information content (AvgIpc) is 1.59. The predicted molar refractivity (Wildman–Crippen MR) is 41.7 cm³/mol. The molecule has 11 heavy (non-hydrogen) atoms. The maximum atomic E-state index is 10.3. The molecule has 3 nitrogen and oxygen atoms in total. The second kappa shape index (κ2) is 6.77. The van der Waals surface area contributed by atoms with Crippen LogP contribution in [0.3, 0.4) is 0 Å². The van der Waals surface area contributed by atoms with Crippen molar-refractivity contribution in [3.63, 3.8) is 0 Å². The van der Waals surface area contributed by atoms with Gasteiger partial charge in [-0.1, -0.05) is 13.3 Å². The minimum absolute atomic E-state index is 0. The van der Waals surface area contributed by atoms with Crippen LogP contribution in [0.2, 0.25) is 0 Å². The van der Waals surface area contributed by atoms with Crippen molar-refractivity contribution < 1.29 is 42.5 Å². The van der Waals surface area contributed by atoms with Crippen molar-refractivity contribution >= 4 is 20.2 Å². The molecule has 0 spiro atoms. The summed E-state index contributed by atoms with van der Waals surface area (Å²) in [6.45, 7) is 3.64. The minimum atomic E-state index is -3.66. The van der Waals surface area contributed by atoms with E-state index in [0.29, 0.717) is 0 Å². The first-order chi connectivity index (χ1) is 4.45. The molecule has 0 aromatic rings. The normalized spacial score (nSPS) is 18.1. The monoisotopic (exact) mass is 206 g/mol. The molecule has 2 unspecified atom stereocenters. The molecule has 0 saturated carbocycles. The van der Waals surface area contributed by atoms with E-state index in [1.54, 1.807) is 6.92 Å². The molecule has 0 aliphatic heterocycles. The Morgan fingerprint density at radius 2 is 2.18 bits per heavy atom. The first-order valence-electron chi connectivity index (χ1n) is 3.10. The van der Waals surface area contributed by atoms with E-state index >= 15 is 0 Å². The fourth-order valence-corrected chi connectivity index (χ4v) is 1.56. The van der Waals surface area contributed by atoms with Crippen molar-refractivity contribution in [2.24, 2.45) is 0 Å². The Kier molecular flexibility index (Phi) is 9.10. The maximum absolute atomic E-state index is 10.3. The zero-order valence-corrected chi connectivity index (χ0v) is 10.7. The molecule has 0 bridgehead atoms. The SMILES string of the molecule is CCCC(C)OS(=O)([O-])=S.[Na+]. The van der Waals surface area contributed by atoms with E-state index < -0.39 is 9.05 Å². The minimum Gasteiger partial charge on any atom is -0.748 e. The molecule has 0 amide bonds. The Bertz CT molecular complexity index is 178. The molecule has 6 heteroatoms. The largest absolute Gasteiger partial charge is 1.00 e. The van der Waals surface area contributed by atoms with E-state index in [9.17, 15) is 8.76 Å². The van der Waals surface area contributed by atoms with Gasteiger partial charge in [0.2, 0.25) is 0 Å². The van der Waals surface area contributed by atoms with Crippen molar-refractivity contribution in [3.8, 4) is 0 Å². The molecule has 0 heterocycles. The smallest absolute Gasteiger partial charge is 0.748 e. The second-order valence-corrected chi connectivity index (χ2v) is 4.34. The van der Waals surface area contributed by atoms with E-state index in [-0.39, 0.29) is 35.7 Å². The van der Waals surface area contributed by atoms with Gasteiger partial charge >= 0.3 is 29.6 Å². The second-order valence-electron chi connectivity index (χ2n) is 2.10. The van der Waals surface area contributed by atoms with Crippen LogP contribution in [0, 0.1) is 0 Å². The topological polar surface area (TPSA) is 49.4 Å². The van der Waals surface area contributed by atoms with Gasteiger partial charge in [0.05, 0.1) is 15.2 Å². The predicted octanol–water partition coefficient (Wildman–Crippen LogP) is -2.01. The van der Waals surface area contributed by atoms with Gasteiger partial charge in [0.25, 0.3) is 0 Å². The van der Waals surface area contributed by atoms with Crippen LogP contribution in [0.25, 0.3) is 0 Å². The first-order valence-corrected chi connectivity index (χ1v) is 5.43. The molecule has 2 atom stereocenters. The average molecular weight is 206 g/mol. The number of hydrogen-bond donors (Lipinski definition) is 0. The molecule has 0 aliphatic carbocycles. The summed E-state index contributed by atoms with van der Waals surface area (Å²) in [4.78, 5) is 0. The van der Waals surface area contributed by atoms with Gasteiger partial charge in [-0.25, -0.2) is 4.21 Å². The maximum Gasteiger partial charge on any atom is 1.00 e. The van der Waals surface area contributed by atoms with Gasteiger partial charge < -0.3 is 4.55 Å². The summed E-state index contributed by atoms with van der Waals surface area (Å²) in [5.41, 5.74) is 0. The van der Waals surface area contributed by atoms with Crippen LogP contribution in [-0.4, -0.2) is 14.9 Å². The van der Waals surface area contributed by atoms with E-state index in [1.165, 1.54) is 0 Å². The van der Waals surface area contributed by atoms with E-state index in [1.807, 2.05) is 6.92 Å². The van der Waals surface area contributed by atoms with Gasteiger partial charge in [-0.2, -0.15) is 0 Å².